The maximum atomic E-state index is 14.2. The molecule has 0 aromatic heterocycles. The number of piperidine rings is 1. The van der Waals surface area contributed by atoms with Gasteiger partial charge >= 0.3 is 0 Å². The number of rotatable bonds is 8. The molecule has 10 rings (SSSR count). The fourth-order valence-electron chi connectivity index (χ4n) is 13.2. The average molecular weight is 1020 g/mol. The number of allylic oxidation sites excluding steroid dienone is 2. The van der Waals surface area contributed by atoms with Gasteiger partial charge in [-0.1, -0.05) is 110 Å². The summed E-state index contributed by atoms with van der Waals surface area (Å²) in [5, 5.41) is 9.25. The lowest BCUT2D eigenvalue weighted by Gasteiger charge is -2.60. The molecule has 2 aliphatic heterocycles. The molecule has 0 radical (unpaired) electrons. The first-order valence-corrected chi connectivity index (χ1v) is 27.6. The van der Waals surface area contributed by atoms with E-state index in [1.165, 1.54) is 16.8 Å². The van der Waals surface area contributed by atoms with Crippen LogP contribution >= 0.6 is 23.2 Å². The number of para-hydroxylation sites is 2. The molecule has 6 aliphatic rings. The molecule has 0 spiro atoms. The molecule has 8 nitrogen and oxygen atoms in total. The molecule has 2 N–H and O–H groups in total. The minimum atomic E-state index is -0.0495. The number of nitrogens with one attached hydrogen (secondary N) is 2. The number of aromatic nitrogens is 2. The molecule has 2 saturated carbocycles. The van der Waals surface area contributed by atoms with Gasteiger partial charge in [-0.25, -0.2) is 4.98 Å². The molecule has 10 heteroatoms. The van der Waals surface area contributed by atoms with E-state index in [-0.39, 0.29) is 39.5 Å². The summed E-state index contributed by atoms with van der Waals surface area (Å²) < 4.78 is 2.21. The molecule has 2 heterocycles. The van der Waals surface area contributed by atoms with E-state index in [0.717, 1.165) is 102 Å². The van der Waals surface area contributed by atoms with Crippen molar-refractivity contribution in [3.63, 3.8) is 0 Å². The van der Waals surface area contributed by atoms with E-state index in [1.54, 1.807) is 0 Å². The van der Waals surface area contributed by atoms with Gasteiger partial charge in [0, 0.05) is 75.8 Å². The van der Waals surface area contributed by atoms with Crippen molar-refractivity contribution in [3.8, 4) is 17.1 Å². The largest absolute Gasteiger partial charge is 0.374 e. The monoisotopic (exact) mass is 1020 g/mol. The van der Waals surface area contributed by atoms with E-state index in [4.69, 9.17) is 33.2 Å². The van der Waals surface area contributed by atoms with Crippen LogP contribution in [0, 0.1) is 34.5 Å². The Morgan fingerprint density at radius 1 is 0.822 bits per heavy atom. The number of anilines is 3. The van der Waals surface area contributed by atoms with Gasteiger partial charge in [0.1, 0.15) is 0 Å². The lowest BCUT2D eigenvalue weighted by Crippen LogP contribution is -2.58. The predicted molar refractivity (Wildman–Crippen MR) is 303 cm³/mol. The van der Waals surface area contributed by atoms with Crippen molar-refractivity contribution in [1.29, 1.82) is 0 Å². The summed E-state index contributed by atoms with van der Waals surface area (Å²) in [6.45, 7) is 26.7. The number of benzene rings is 5. The van der Waals surface area contributed by atoms with Gasteiger partial charge in [-0.15, -0.1) is 0 Å². The highest BCUT2D eigenvalue weighted by molar-refractivity contribution is 6.30. The van der Waals surface area contributed by atoms with Gasteiger partial charge < -0.3 is 20.1 Å². The Hall–Kier alpha value is -5.44. The van der Waals surface area contributed by atoms with E-state index in [9.17, 15) is 9.59 Å². The Balaban J connectivity index is 0.000000183. The van der Waals surface area contributed by atoms with Crippen molar-refractivity contribution in [1.82, 2.24) is 14.5 Å². The van der Waals surface area contributed by atoms with Gasteiger partial charge in [0.05, 0.1) is 33.5 Å². The maximum absolute atomic E-state index is 14.2. The molecule has 4 aromatic carbocycles. The normalized spacial score (nSPS) is 24.1. The van der Waals surface area contributed by atoms with Crippen LogP contribution in [0.1, 0.15) is 132 Å². The minimum Gasteiger partial charge on any atom is -0.374 e. The Morgan fingerprint density at radius 2 is 1.52 bits per heavy atom. The van der Waals surface area contributed by atoms with E-state index in [1.807, 2.05) is 72.8 Å². The summed E-state index contributed by atoms with van der Waals surface area (Å²) >= 11 is 12.2. The summed E-state index contributed by atoms with van der Waals surface area (Å²) in [4.78, 5) is 39.1. The van der Waals surface area contributed by atoms with E-state index in [0.29, 0.717) is 40.0 Å². The number of likely N-dealkylation sites (tertiary alicyclic amines) is 1. The van der Waals surface area contributed by atoms with Crippen LogP contribution in [0.2, 0.25) is 10.0 Å². The van der Waals surface area contributed by atoms with Crippen LogP contribution in [-0.2, 0) is 20.4 Å². The van der Waals surface area contributed by atoms with Crippen LogP contribution in [-0.4, -0.2) is 45.3 Å². The number of hydrogen-bond acceptors (Lipinski definition) is 6. The molecular weight excluding hydrogens is 944 g/mol. The molecule has 4 aromatic rings. The van der Waals surface area contributed by atoms with Crippen LogP contribution < -0.4 is 16.0 Å². The van der Waals surface area contributed by atoms with Crippen LogP contribution in [0.5, 0.6) is 0 Å². The second kappa shape index (κ2) is 20.4. The summed E-state index contributed by atoms with van der Waals surface area (Å²) in [7, 11) is 0. The third kappa shape index (κ3) is 10.5. The standard InChI is InChI=1S/C36H54N2O2.C27H22Cl2N4/c1-10-19-38-22-25-26-13-14-29(35(26,8)18-16-27(25)36(9)17-15-24(39)21-31(36)38)32(40)37-30-20-23(33(2,3)4)11-12-28(30)34(5,6)7;1-17(2)30-24-16-27-25(15-23(24)31-20-11-7-18(28)8-12-20)32-22-5-3-4-6-26(22)33(27)21-13-9-19(29)10-14-21/h11-12,20-21,25-27,29H,10,13-19,22H2,1-9H3,(H,37,40);3-17,31H,1-2H3/t25?,26?,27?,29-,35+,36-;/m1./s1. The smallest absolute Gasteiger partial charge is 0.228 e. The first-order chi connectivity index (χ1) is 34.6. The number of nitrogens with zero attached hydrogens (tertiary/aromatic N) is 4. The summed E-state index contributed by atoms with van der Waals surface area (Å²) in [6.07, 6.45) is 9.13. The van der Waals surface area contributed by atoms with Crippen LogP contribution in [0.25, 0.3) is 28.1 Å². The van der Waals surface area contributed by atoms with Crippen LogP contribution in [0.4, 0.5) is 17.1 Å². The Bertz CT molecular complexity index is 3090. The van der Waals surface area contributed by atoms with E-state index >= 15 is 0 Å². The van der Waals surface area contributed by atoms with Gasteiger partial charge in [0.15, 0.2) is 5.78 Å². The molecule has 1 saturated heterocycles. The molecule has 4 aliphatic carbocycles. The molecule has 73 heavy (non-hydrogen) atoms. The number of hydrogen-bond donors (Lipinski definition) is 2. The number of ketones is 1. The minimum absolute atomic E-state index is 0.0226. The Morgan fingerprint density at radius 3 is 2.19 bits per heavy atom. The predicted octanol–water partition coefficient (Wildman–Crippen LogP) is 15.7. The van der Waals surface area contributed by atoms with Gasteiger partial charge in [0.25, 0.3) is 0 Å². The highest BCUT2D eigenvalue weighted by atomic mass is 35.5. The molecule has 6 atom stereocenters. The fourth-order valence-corrected chi connectivity index (χ4v) is 13.5. The zero-order valence-corrected chi connectivity index (χ0v) is 46.5. The number of carbonyl (C=O) groups excluding carboxylic acids is 2. The quantitative estimate of drug-likeness (QED) is 0.148. The zero-order valence-electron chi connectivity index (χ0n) is 45.0. The molecule has 3 unspecified atom stereocenters. The fraction of sp³-hybridized carbons (Fsp3) is 0.460. The van der Waals surface area contributed by atoms with Gasteiger partial charge in [-0.3, -0.25) is 14.6 Å². The summed E-state index contributed by atoms with van der Waals surface area (Å²) in [6, 6.07) is 34.6. The van der Waals surface area contributed by atoms with Crippen molar-refractivity contribution in [2.45, 2.75) is 138 Å². The number of halogens is 2. The molecule has 1 amide bonds. The van der Waals surface area contributed by atoms with E-state index in [2.05, 4.69) is 133 Å². The van der Waals surface area contributed by atoms with Crippen molar-refractivity contribution in [2.75, 3.05) is 23.7 Å². The second-order valence-electron chi connectivity index (χ2n) is 24.3. The maximum Gasteiger partial charge on any atom is 0.228 e. The first-order valence-electron chi connectivity index (χ1n) is 26.8. The number of carbonyl (C=O) groups is 2. The lowest BCUT2D eigenvalue weighted by atomic mass is 9.49. The Kier molecular flexibility index (Phi) is 14.6. The molecular formula is C63H76Cl2N6O2. The molecule has 0 bridgehead atoms. The van der Waals surface area contributed by atoms with Crippen LogP contribution in [0.3, 0.4) is 0 Å². The van der Waals surface area contributed by atoms with Crippen molar-refractivity contribution in [3.05, 3.63) is 141 Å². The average Bonchev–Trinajstić information content (AvgIpc) is 3.70. The van der Waals surface area contributed by atoms with Crippen LogP contribution in [0.15, 0.2) is 120 Å². The van der Waals surface area contributed by atoms with Crippen molar-refractivity contribution >= 4 is 63.0 Å². The second-order valence-corrected chi connectivity index (χ2v) is 25.2. The summed E-state index contributed by atoms with van der Waals surface area (Å²) in [5.74, 6) is 2.32. The third-order valence-corrected chi connectivity index (χ3v) is 17.4. The summed E-state index contributed by atoms with van der Waals surface area (Å²) in [5.41, 5.74) is 11.5. The number of fused-ring (bicyclic) bond motifs is 7. The number of amides is 1. The third-order valence-electron chi connectivity index (χ3n) is 16.9. The zero-order chi connectivity index (χ0) is 52.2. The van der Waals surface area contributed by atoms with E-state index < -0.39 is 0 Å². The van der Waals surface area contributed by atoms with Crippen molar-refractivity contribution < 1.29 is 9.59 Å². The molecule has 3 fully saturated rings. The molecule has 384 valence electrons. The highest BCUT2D eigenvalue weighted by Crippen LogP contribution is 2.65. The lowest BCUT2D eigenvalue weighted by molar-refractivity contribution is -0.129. The van der Waals surface area contributed by atoms with Gasteiger partial charge in [-0.2, -0.15) is 0 Å². The topological polar surface area (TPSA) is 91.6 Å². The van der Waals surface area contributed by atoms with Gasteiger partial charge in [-0.05, 0) is 176 Å². The Labute approximate surface area is 444 Å². The highest BCUT2D eigenvalue weighted by Gasteiger charge is 2.61. The SMILES string of the molecule is CC(C)N=c1cc2n(-c3ccc(Cl)cc3)c3ccccc3nc-2cc1Nc1ccc(Cl)cc1.CCCN1CC2C(CC[C@@]3(C)C2CC[C@@H]3C(=O)Nc2cc(C(C)(C)C)ccc2C(C)(C)C)[C@@]2(C)CCC(=O)C=C12. The van der Waals surface area contributed by atoms with Gasteiger partial charge in [0.2, 0.25) is 5.91 Å². The van der Waals surface area contributed by atoms with Crippen molar-refractivity contribution in [2.24, 2.45) is 39.5 Å². The first kappa shape index (κ1) is 52.4.